The molecule has 0 bridgehead atoms. The van der Waals surface area contributed by atoms with E-state index in [0.29, 0.717) is 5.82 Å². The molecule has 0 saturated carbocycles. The van der Waals surface area contributed by atoms with Crippen LogP contribution < -0.4 is 0 Å². The Balaban J connectivity index is 1.20. The van der Waals surface area contributed by atoms with Crippen molar-refractivity contribution in [2.45, 2.75) is 0 Å². The van der Waals surface area contributed by atoms with Crippen LogP contribution in [-0.2, 0) is 0 Å². The van der Waals surface area contributed by atoms with Gasteiger partial charge in [0.15, 0.2) is 5.82 Å². The molecule has 4 nitrogen and oxygen atoms in total. The first-order chi connectivity index (χ1) is 24.8. The van der Waals surface area contributed by atoms with Gasteiger partial charge >= 0.3 is 0 Å². The highest BCUT2D eigenvalue weighted by atomic mass is 16.3. The number of aromatic nitrogens is 3. The largest absolute Gasteiger partial charge is 0.455 e. The van der Waals surface area contributed by atoms with Gasteiger partial charge in [0, 0.05) is 44.1 Å². The summed E-state index contributed by atoms with van der Waals surface area (Å²) in [4.78, 5) is 10.5. The van der Waals surface area contributed by atoms with Gasteiger partial charge in [0.25, 0.3) is 0 Å². The molecule has 3 aromatic heterocycles. The van der Waals surface area contributed by atoms with Crippen LogP contribution in [0.3, 0.4) is 0 Å². The van der Waals surface area contributed by atoms with E-state index in [1.54, 1.807) is 0 Å². The Labute approximate surface area is 288 Å². The molecule has 7 aromatic carbocycles. The number of rotatable bonds is 5. The molecular formula is C46H29N3O. The quantitative estimate of drug-likeness (QED) is 0.188. The number of benzene rings is 7. The van der Waals surface area contributed by atoms with E-state index in [9.17, 15) is 0 Å². The first kappa shape index (κ1) is 28.3. The number of hydrogen-bond acceptors (Lipinski definition) is 3. The normalized spacial score (nSPS) is 11.6. The molecule has 0 saturated heterocycles. The molecule has 234 valence electrons. The molecule has 0 aliphatic heterocycles. The summed E-state index contributed by atoms with van der Waals surface area (Å²) in [6.45, 7) is 0. The van der Waals surface area contributed by atoms with E-state index in [1.807, 2.05) is 42.5 Å². The summed E-state index contributed by atoms with van der Waals surface area (Å²) >= 11 is 0. The monoisotopic (exact) mass is 639 g/mol. The molecule has 0 aliphatic carbocycles. The van der Waals surface area contributed by atoms with Crippen molar-refractivity contribution >= 4 is 43.7 Å². The lowest BCUT2D eigenvalue weighted by molar-refractivity contribution is 0.673. The summed E-state index contributed by atoms with van der Waals surface area (Å²) in [7, 11) is 0. The maximum absolute atomic E-state index is 6.52. The molecule has 0 amide bonds. The van der Waals surface area contributed by atoms with Crippen molar-refractivity contribution in [1.82, 2.24) is 14.5 Å². The summed E-state index contributed by atoms with van der Waals surface area (Å²) in [5.41, 5.74) is 12.0. The van der Waals surface area contributed by atoms with Crippen LogP contribution in [0.2, 0.25) is 0 Å². The van der Waals surface area contributed by atoms with Crippen molar-refractivity contribution in [3.63, 3.8) is 0 Å². The Morgan fingerprint density at radius 3 is 1.62 bits per heavy atom. The van der Waals surface area contributed by atoms with E-state index in [0.717, 1.165) is 83.3 Å². The van der Waals surface area contributed by atoms with Gasteiger partial charge in [-0.1, -0.05) is 140 Å². The number of furan rings is 1. The molecular weight excluding hydrogens is 611 g/mol. The highest BCUT2D eigenvalue weighted by Gasteiger charge is 2.22. The van der Waals surface area contributed by atoms with Crippen molar-refractivity contribution in [2.24, 2.45) is 0 Å². The van der Waals surface area contributed by atoms with E-state index < -0.39 is 0 Å². The molecule has 0 aliphatic rings. The molecule has 0 N–H and O–H groups in total. The van der Waals surface area contributed by atoms with Gasteiger partial charge in [-0.25, -0.2) is 9.97 Å². The molecule has 4 heteroatoms. The molecule has 0 unspecified atom stereocenters. The summed E-state index contributed by atoms with van der Waals surface area (Å²) in [6, 6.07) is 61.2. The number of hydrogen-bond donors (Lipinski definition) is 0. The minimum Gasteiger partial charge on any atom is -0.455 e. The SMILES string of the molecule is c1ccc(-c2nc(-c3ccccc3)c(-c3ccc(-n4c5ccccc5c5c6oc7ccccc7c6ccc54)cc3)c(-c3ccccc3)n2)cc1. The lowest BCUT2D eigenvalue weighted by Gasteiger charge is -2.17. The lowest BCUT2D eigenvalue weighted by atomic mass is 9.94. The molecule has 0 atom stereocenters. The van der Waals surface area contributed by atoms with Gasteiger partial charge in [-0.15, -0.1) is 0 Å². The standard InChI is InChI=1S/C46H29N3O/c1-4-14-31(15-5-1)43-41(44(32-16-6-2-7-17-32)48-46(47-43)33-18-8-3-9-19-33)30-24-26-34(27-25-30)49-38-22-12-10-21-37(38)42-39(49)29-28-36-35-20-11-13-23-40(35)50-45(36)42/h1-29H. The van der Waals surface area contributed by atoms with Crippen molar-refractivity contribution in [3.05, 3.63) is 176 Å². The van der Waals surface area contributed by atoms with Crippen LogP contribution in [0.25, 0.3) is 94.5 Å². The van der Waals surface area contributed by atoms with Crippen LogP contribution >= 0.6 is 0 Å². The third-order valence-electron chi connectivity index (χ3n) is 9.63. The molecule has 0 fully saturated rings. The third kappa shape index (κ3) is 4.46. The van der Waals surface area contributed by atoms with Crippen LogP contribution in [0.5, 0.6) is 0 Å². The average Bonchev–Trinajstić information content (AvgIpc) is 3.74. The Hall–Kier alpha value is -6.78. The Bertz CT molecular complexity index is 2770. The molecule has 0 spiro atoms. The average molecular weight is 640 g/mol. The summed E-state index contributed by atoms with van der Waals surface area (Å²) < 4.78 is 8.86. The van der Waals surface area contributed by atoms with Crippen molar-refractivity contribution in [1.29, 1.82) is 0 Å². The number of nitrogens with zero attached hydrogens (tertiary/aromatic N) is 3. The van der Waals surface area contributed by atoms with Crippen molar-refractivity contribution in [3.8, 4) is 50.7 Å². The number of para-hydroxylation sites is 2. The first-order valence-electron chi connectivity index (χ1n) is 16.8. The van der Waals surface area contributed by atoms with E-state index >= 15 is 0 Å². The fourth-order valence-electron chi connectivity index (χ4n) is 7.35. The topological polar surface area (TPSA) is 43.9 Å². The smallest absolute Gasteiger partial charge is 0.160 e. The molecule has 50 heavy (non-hydrogen) atoms. The second-order valence-electron chi connectivity index (χ2n) is 12.6. The minimum atomic E-state index is 0.700. The highest BCUT2D eigenvalue weighted by Crippen LogP contribution is 2.42. The minimum absolute atomic E-state index is 0.700. The van der Waals surface area contributed by atoms with E-state index in [1.165, 1.54) is 5.39 Å². The van der Waals surface area contributed by atoms with Gasteiger partial charge in [-0.3, -0.25) is 0 Å². The lowest BCUT2D eigenvalue weighted by Crippen LogP contribution is -2.01. The fraction of sp³-hybridized carbons (Fsp3) is 0. The second-order valence-corrected chi connectivity index (χ2v) is 12.6. The summed E-state index contributed by atoms with van der Waals surface area (Å²) in [6.07, 6.45) is 0. The molecule has 3 heterocycles. The Kier molecular flexibility index (Phi) is 6.46. The van der Waals surface area contributed by atoms with Gasteiger partial charge in [0.1, 0.15) is 11.2 Å². The predicted octanol–water partition coefficient (Wildman–Crippen LogP) is 12.1. The third-order valence-corrected chi connectivity index (χ3v) is 9.63. The summed E-state index contributed by atoms with van der Waals surface area (Å²) in [5, 5.41) is 4.56. The van der Waals surface area contributed by atoms with Gasteiger partial charge in [-0.05, 0) is 42.0 Å². The van der Waals surface area contributed by atoms with Gasteiger partial charge in [-0.2, -0.15) is 0 Å². The fourth-order valence-corrected chi connectivity index (χ4v) is 7.35. The van der Waals surface area contributed by atoms with E-state index in [-0.39, 0.29) is 0 Å². The van der Waals surface area contributed by atoms with Crippen LogP contribution in [0.4, 0.5) is 0 Å². The van der Waals surface area contributed by atoms with Gasteiger partial charge < -0.3 is 8.98 Å². The highest BCUT2D eigenvalue weighted by molar-refractivity contribution is 6.23. The second kappa shape index (κ2) is 11.4. The van der Waals surface area contributed by atoms with E-state index in [2.05, 4.69) is 138 Å². The molecule has 10 rings (SSSR count). The van der Waals surface area contributed by atoms with Crippen LogP contribution in [0.1, 0.15) is 0 Å². The zero-order chi connectivity index (χ0) is 33.0. The molecule has 0 radical (unpaired) electrons. The van der Waals surface area contributed by atoms with Crippen LogP contribution in [0, 0.1) is 0 Å². The maximum atomic E-state index is 6.52. The Morgan fingerprint density at radius 2 is 0.960 bits per heavy atom. The summed E-state index contributed by atoms with van der Waals surface area (Å²) in [5.74, 6) is 0.700. The maximum Gasteiger partial charge on any atom is 0.160 e. The van der Waals surface area contributed by atoms with Crippen molar-refractivity contribution in [2.75, 3.05) is 0 Å². The van der Waals surface area contributed by atoms with E-state index in [4.69, 9.17) is 14.4 Å². The van der Waals surface area contributed by atoms with Crippen LogP contribution in [0.15, 0.2) is 180 Å². The van der Waals surface area contributed by atoms with Gasteiger partial charge in [0.2, 0.25) is 0 Å². The Morgan fingerprint density at radius 1 is 0.400 bits per heavy atom. The van der Waals surface area contributed by atoms with Crippen molar-refractivity contribution < 1.29 is 4.42 Å². The zero-order valence-electron chi connectivity index (χ0n) is 27.0. The van der Waals surface area contributed by atoms with Crippen LogP contribution in [-0.4, -0.2) is 14.5 Å². The zero-order valence-corrected chi connectivity index (χ0v) is 27.0. The first-order valence-corrected chi connectivity index (χ1v) is 16.8. The van der Waals surface area contributed by atoms with Gasteiger partial charge in [0.05, 0.1) is 27.8 Å². The molecule has 10 aromatic rings. The number of fused-ring (bicyclic) bond motifs is 7. The predicted molar refractivity (Wildman–Crippen MR) is 205 cm³/mol.